The van der Waals surface area contributed by atoms with Crippen LogP contribution in [0.15, 0.2) is 77.6 Å². The first-order chi connectivity index (χ1) is 16.7. The first-order valence-corrected chi connectivity index (χ1v) is 11.9. The van der Waals surface area contributed by atoms with Crippen LogP contribution in [-0.2, 0) is 0 Å². The van der Waals surface area contributed by atoms with Crippen LogP contribution in [-0.4, -0.2) is 46.7 Å². The zero-order chi connectivity index (χ0) is 23.1. The van der Waals surface area contributed by atoms with Crippen molar-refractivity contribution in [1.82, 2.24) is 14.5 Å². The van der Waals surface area contributed by atoms with Crippen LogP contribution in [0.1, 0.15) is 18.9 Å². The molecule has 6 rings (SSSR count). The lowest BCUT2D eigenvalue weighted by molar-refractivity contribution is 0.105. The van der Waals surface area contributed by atoms with Crippen molar-refractivity contribution in [3.05, 3.63) is 89.1 Å². The smallest absolute Gasteiger partial charge is 0.326 e. The maximum atomic E-state index is 13.5. The van der Waals surface area contributed by atoms with Crippen molar-refractivity contribution in [2.45, 2.75) is 25.0 Å². The van der Waals surface area contributed by atoms with Gasteiger partial charge in [0, 0.05) is 31.4 Å². The van der Waals surface area contributed by atoms with Crippen molar-refractivity contribution in [1.29, 1.82) is 0 Å². The van der Waals surface area contributed by atoms with Crippen LogP contribution in [0.4, 0.5) is 15.8 Å². The number of rotatable bonds is 4. The number of nitrogens with one attached hydrogen (secondary N) is 1. The van der Waals surface area contributed by atoms with Crippen molar-refractivity contribution in [2.75, 3.05) is 31.1 Å². The van der Waals surface area contributed by atoms with E-state index in [9.17, 15) is 9.18 Å². The van der Waals surface area contributed by atoms with Gasteiger partial charge in [0.05, 0.1) is 23.3 Å². The fourth-order valence-electron chi connectivity index (χ4n) is 5.34. The fraction of sp³-hybridized carbons (Fsp3) is 0.296. The molecule has 1 aromatic heterocycles. The summed E-state index contributed by atoms with van der Waals surface area (Å²) in [5.74, 6) is 0.613. The summed E-state index contributed by atoms with van der Waals surface area (Å²) in [6.45, 7) is 3.33. The van der Waals surface area contributed by atoms with E-state index in [4.69, 9.17) is 4.74 Å². The summed E-state index contributed by atoms with van der Waals surface area (Å²) in [6, 6.07) is 22.7. The quantitative estimate of drug-likeness (QED) is 0.482. The number of para-hydroxylation sites is 4. The Kier molecular flexibility index (Phi) is 5.34. The number of imidazole rings is 1. The van der Waals surface area contributed by atoms with Gasteiger partial charge in [-0.3, -0.25) is 9.47 Å². The number of likely N-dealkylation sites (tertiary alicyclic amines) is 1. The maximum absolute atomic E-state index is 13.5. The minimum Gasteiger partial charge on any atom is -0.485 e. The van der Waals surface area contributed by atoms with E-state index in [1.54, 1.807) is 0 Å². The standard InChI is InChI=1S/C27H27FN4O2/c28-19-9-11-20(12-10-19)31-18-22(34-26-8-4-3-7-25(26)31)17-30-15-13-21(14-16-30)32-24-6-2-1-5-23(24)29-27(32)33/h1-12,21-22H,13-18H2,(H,29,33). The van der Waals surface area contributed by atoms with Crippen molar-refractivity contribution in [3.63, 3.8) is 0 Å². The third-order valence-corrected chi connectivity index (χ3v) is 6.98. The van der Waals surface area contributed by atoms with E-state index in [0.29, 0.717) is 6.54 Å². The van der Waals surface area contributed by atoms with E-state index < -0.39 is 0 Å². The summed E-state index contributed by atoms with van der Waals surface area (Å²) in [7, 11) is 0. The number of H-pyrrole nitrogens is 1. The van der Waals surface area contributed by atoms with Gasteiger partial charge in [-0.15, -0.1) is 0 Å². The fourth-order valence-corrected chi connectivity index (χ4v) is 5.34. The Hall–Kier alpha value is -3.58. The zero-order valence-electron chi connectivity index (χ0n) is 18.9. The van der Waals surface area contributed by atoms with Crippen LogP contribution in [0, 0.1) is 5.82 Å². The predicted molar refractivity (Wildman–Crippen MR) is 132 cm³/mol. The number of aromatic nitrogens is 2. The largest absolute Gasteiger partial charge is 0.485 e. The molecule has 3 heterocycles. The summed E-state index contributed by atoms with van der Waals surface area (Å²) in [5, 5.41) is 0. The van der Waals surface area contributed by atoms with E-state index in [1.807, 2.05) is 65.2 Å². The molecule has 1 atom stereocenters. The first kappa shape index (κ1) is 21.0. The average molecular weight is 459 g/mol. The Bertz CT molecular complexity index is 1360. The van der Waals surface area contributed by atoms with E-state index >= 15 is 0 Å². The minimum absolute atomic E-state index is 0.00712. The van der Waals surface area contributed by atoms with Crippen LogP contribution < -0.4 is 15.3 Å². The number of benzene rings is 3. The van der Waals surface area contributed by atoms with Gasteiger partial charge >= 0.3 is 5.69 Å². The number of ether oxygens (including phenoxy) is 1. The Labute approximate surface area is 197 Å². The molecule has 1 N–H and O–H groups in total. The van der Waals surface area contributed by atoms with Crippen LogP contribution in [0.25, 0.3) is 11.0 Å². The summed E-state index contributed by atoms with van der Waals surface area (Å²) in [6.07, 6.45) is 1.84. The Balaban J connectivity index is 1.16. The highest BCUT2D eigenvalue weighted by Gasteiger charge is 2.30. The van der Waals surface area contributed by atoms with Gasteiger partial charge in [0.25, 0.3) is 0 Å². The Morgan fingerprint density at radius 2 is 1.68 bits per heavy atom. The number of hydrogen-bond donors (Lipinski definition) is 1. The molecule has 0 radical (unpaired) electrons. The molecule has 0 saturated carbocycles. The van der Waals surface area contributed by atoms with Gasteiger partial charge in [-0.05, 0) is 61.4 Å². The average Bonchev–Trinajstić information content (AvgIpc) is 3.20. The lowest BCUT2D eigenvalue weighted by Gasteiger charge is -2.40. The third kappa shape index (κ3) is 3.86. The van der Waals surface area contributed by atoms with Gasteiger partial charge in [-0.1, -0.05) is 24.3 Å². The van der Waals surface area contributed by atoms with Gasteiger partial charge in [0.15, 0.2) is 0 Å². The van der Waals surface area contributed by atoms with E-state index in [2.05, 4.69) is 14.8 Å². The maximum Gasteiger partial charge on any atom is 0.326 e. The van der Waals surface area contributed by atoms with Crippen LogP contribution in [0.2, 0.25) is 0 Å². The number of nitrogens with zero attached hydrogens (tertiary/aromatic N) is 3. The normalized spacial score (nSPS) is 19.2. The number of aromatic amines is 1. The molecule has 1 unspecified atom stereocenters. The molecule has 174 valence electrons. The Morgan fingerprint density at radius 1 is 0.941 bits per heavy atom. The van der Waals surface area contributed by atoms with Crippen LogP contribution in [0.3, 0.4) is 0 Å². The molecule has 0 bridgehead atoms. The number of anilines is 2. The van der Waals surface area contributed by atoms with Gasteiger partial charge in [-0.2, -0.15) is 0 Å². The van der Waals surface area contributed by atoms with Crippen molar-refractivity contribution < 1.29 is 9.13 Å². The molecule has 0 spiro atoms. The number of fused-ring (bicyclic) bond motifs is 2. The molecule has 3 aromatic carbocycles. The van der Waals surface area contributed by atoms with Gasteiger partial charge in [-0.25, -0.2) is 9.18 Å². The third-order valence-electron chi connectivity index (χ3n) is 6.98. The van der Waals surface area contributed by atoms with Crippen LogP contribution >= 0.6 is 0 Å². The lowest BCUT2D eigenvalue weighted by Crippen LogP contribution is -2.47. The molecule has 1 fully saturated rings. The van der Waals surface area contributed by atoms with E-state index in [1.165, 1.54) is 12.1 Å². The van der Waals surface area contributed by atoms with Gasteiger partial charge < -0.3 is 14.6 Å². The SMILES string of the molecule is O=c1[nH]c2ccccc2n1C1CCN(CC2CN(c3ccc(F)cc3)c3ccccc3O2)CC1. The van der Waals surface area contributed by atoms with Gasteiger partial charge in [0.1, 0.15) is 17.7 Å². The molecule has 7 heteroatoms. The van der Waals surface area contributed by atoms with Gasteiger partial charge in [0.2, 0.25) is 0 Å². The Morgan fingerprint density at radius 3 is 2.50 bits per heavy atom. The zero-order valence-corrected chi connectivity index (χ0v) is 18.9. The highest BCUT2D eigenvalue weighted by atomic mass is 19.1. The topological polar surface area (TPSA) is 53.5 Å². The molecule has 1 saturated heterocycles. The van der Waals surface area contributed by atoms with Crippen molar-refractivity contribution in [3.8, 4) is 5.75 Å². The van der Waals surface area contributed by atoms with E-state index in [0.717, 1.165) is 60.6 Å². The highest BCUT2D eigenvalue weighted by Crippen LogP contribution is 2.38. The van der Waals surface area contributed by atoms with Crippen molar-refractivity contribution >= 4 is 22.4 Å². The molecular weight excluding hydrogens is 431 g/mol. The molecule has 4 aromatic rings. The monoisotopic (exact) mass is 458 g/mol. The second-order valence-corrected chi connectivity index (χ2v) is 9.14. The minimum atomic E-state index is -0.237. The molecular formula is C27H27FN4O2. The van der Waals surface area contributed by atoms with E-state index in [-0.39, 0.29) is 23.7 Å². The second-order valence-electron chi connectivity index (χ2n) is 9.14. The van der Waals surface area contributed by atoms with Crippen LogP contribution in [0.5, 0.6) is 5.75 Å². The highest BCUT2D eigenvalue weighted by molar-refractivity contribution is 5.75. The first-order valence-electron chi connectivity index (χ1n) is 11.9. The van der Waals surface area contributed by atoms with Crippen molar-refractivity contribution in [2.24, 2.45) is 0 Å². The summed E-state index contributed by atoms with van der Waals surface area (Å²) >= 11 is 0. The summed E-state index contributed by atoms with van der Waals surface area (Å²) < 4.78 is 21.8. The predicted octanol–water partition coefficient (Wildman–Crippen LogP) is 4.70. The number of halogens is 1. The molecule has 2 aliphatic heterocycles. The lowest BCUT2D eigenvalue weighted by atomic mass is 10.0. The molecule has 34 heavy (non-hydrogen) atoms. The summed E-state index contributed by atoms with van der Waals surface area (Å²) in [4.78, 5) is 20.2. The molecule has 0 aliphatic carbocycles. The second kappa shape index (κ2) is 8.65. The molecule has 6 nitrogen and oxygen atoms in total. The number of piperidine rings is 1. The molecule has 2 aliphatic rings. The number of hydrogen-bond acceptors (Lipinski definition) is 4. The summed E-state index contributed by atoms with van der Waals surface area (Å²) in [5.41, 5.74) is 3.81. The molecule has 0 amide bonds.